The van der Waals surface area contributed by atoms with E-state index in [1.54, 1.807) is 4.68 Å². The van der Waals surface area contributed by atoms with Gasteiger partial charge in [-0.25, -0.2) is 4.68 Å². The Kier molecular flexibility index (Phi) is 7.61. The van der Waals surface area contributed by atoms with Gasteiger partial charge in [-0.3, -0.25) is 4.79 Å². The molecule has 5 fully saturated rings. The maximum absolute atomic E-state index is 14.6. The quantitative estimate of drug-likeness (QED) is 0.164. The lowest BCUT2D eigenvalue weighted by Gasteiger charge is -2.72. The number of nitrogens with zero attached hydrogens (tertiary/aromatic N) is 3. The minimum atomic E-state index is -0.488. The molecule has 0 unspecified atom stereocenters. The van der Waals surface area contributed by atoms with Gasteiger partial charge in [0, 0.05) is 10.8 Å². The van der Waals surface area contributed by atoms with Gasteiger partial charge in [-0.05, 0) is 147 Å². The summed E-state index contributed by atoms with van der Waals surface area (Å²) in [6.45, 7) is 19.3. The predicted octanol–water partition coefficient (Wildman–Crippen LogP) is 10.2. The van der Waals surface area contributed by atoms with E-state index < -0.39 is 5.41 Å². The Morgan fingerprint density at radius 3 is 2.50 bits per heavy atom. The number of rotatable bonds is 5. The standard InChI is InChI=1S/C45H57N3O4/c1-27(2)30-16-21-45(40(50)51-26-28-25-48(47-46-28)29-12-14-35-32(24-29)31-10-8-9-11-34(31)52-35)23-22-43(6)33(39(30)45)13-15-37-42(5)19-18-38(49)41(3,4)36(42)17-20-44(37,43)7/h8-12,14,24-25,30,33,36-39,49H,1,13,15-23,26H2,2-7H3/t30-,33+,36-,37+,38-,39+,42-,43+,44+,45-/m0/s1. The summed E-state index contributed by atoms with van der Waals surface area (Å²) in [7, 11) is 0. The highest BCUT2D eigenvalue weighted by molar-refractivity contribution is 6.05. The van der Waals surface area contributed by atoms with E-state index >= 15 is 0 Å². The average molecular weight is 704 g/mol. The van der Waals surface area contributed by atoms with Crippen molar-refractivity contribution in [1.82, 2.24) is 15.0 Å². The van der Waals surface area contributed by atoms with Crippen LogP contribution < -0.4 is 0 Å². The number of hydrogen-bond donors (Lipinski definition) is 1. The molecule has 5 aliphatic rings. The van der Waals surface area contributed by atoms with E-state index in [4.69, 9.17) is 9.15 Å². The predicted molar refractivity (Wildman–Crippen MR) is 203 cm³/mol. The molecule has 2 aromatic heterocycles. The summed E-state index contributed by atoms with van der Waals surface area (Å²) in [6, 6.07) is 14.1. The number of ether oxygens (including phenoxy) is 1. The normalized spacial score (nSPS) is 39.4. The SMILES string of the molecule is C=C(C)[C@@H]1CC[C@]2(C(=O)OCc3cn(-c4ccc5oc6ccccc6c5c4)nn3)CC[C@]3(C)[C@H](CC[C@@H]4[C@@]5(C)CC[C@H](O)C(C)(C)[C@@H]5CC[C@]43C)[C@@H]12. The number of esters is 1. The molecule has 9 rings (SSSR count). The molecule has 0 aliphatic heterocycles. The number of aliphatic hydroxyl groups is 1. The lowest BCUT2D eigenvalue weighted by Crippen LogP contribution is -2.67. The van der Waals surface area contributed by atoms with E-state index in [2.05, 4.69) is 70.6 Å². The van der Waals surface area contributed by atoms with E-state index in [0.29, 0.717) is 29.4 Å². The van der Waals surface area contributed by atoms with Gasteiger partial charge in [0.25, 0.3) is 0 Å². The number of allylic oxidation sites excluding steroid dienone is 1. The highest BCUT2D eigenvalue weighted by Gasteiger charge is 2.72. The minimum absolute atomic E-state index is 0.0462. The summed E-state index contributed by atoms with van der Waals surface area (Å²) >= 11 is 0. The van der Waals surface area contributed by atoms with Crippen molar-refractivity contribution in [2.45, 2.75) is 118 Å². The van der Waals surface area contributed by atoms with E-state index in [1.165, 1.54) is 24.8 Å². The Hall–Kier alpha value is -3.45. The lowest BCUT2D eigenvalue weighted by molar-refractivity contribution is -0.248. The molecule has 7 nitrogen and oxygen atoms in total. The Balaban J connectivity index is 0.970. The largest absolute Gasteiger partial charge is 0.459 e. The first-order chi connectivity index (χ1) is 24.7. The second kappa shape index (κ2) is 11.5. The summed E-state index contributed by atoms with van der Waals surface area (Å²) in [5.74, 6) is 2.16. The molecule has 0 saturated heterocycles. The van der Waals surface area contributed by atoms with Gasteiger partial charge in [-0.15, -0.1) is 5.10 Å². The fourth-order valence-electron chi connectivity index (χ4n) is 14.1. The molecule has 7 heteroatoms. The molecule has 10 atom stereocenters. The first-order valence-corrected chi connectivity index (χ1v) is 20.1. The third-order valence-corrected chi connectivity index (χ3v) is 17.0. The van der Waals surface area contributed by atoms with Crippen LogP contribution in [0.4, 0.5) is 0 Å². The number of aliphatic hydroxyl groups excluding tert-OH is 1. The third kappa shape index (κ3) is 4.56. The topological polar surface area (TPSA) is 90.4 Å². The number of furan rings is 1. The van der Waals surface area contributed by atoms with Crippen LogP contribution in [0.3, 0.4) is 0 Å². The zero-order chi connectivity index (χ0) is 36.4. The van der Waals surface area contributed by atoms with Crippen LogP contribution in [0.2, 0.25) is 0 Å². The number of aromatic nitrogens is 3. The molecule has 4 aromatic rings. The zero-order valence-corrected chi connectivity index (χ0v) is 32.1. The molecule has 0 bridgehead atoms. The van der Waals surface area contributed by atoms with Crippen LogP contribution in [-0.2, 0) is 16.1 Å². The number of para-hydroxylation sites is 1. The summed E-state index contributed by atoms with van der Waals surface area (Å²) in [5.41, 5.74) is 4.48. The van der Waals surface area contributed by atoms with Crippen molar-refractivity contribution in [3.8, 4) is 5.69 Å². The molecule has 0 spiro atoms. The van der Waals surface area contributed by atoms with Gasteiger partial charge in [0.1, 0.15) is 23.5 Å². The summed E-state index contributed by atoms with van der Waals surface area (Å²) in [4.78, 5) is 14.6. The van der Waals surface area contributed by atoms with Crippen molar-refractivity contribution in [2.24, 2.45) is 56.7 Å². The maximum Gasteiger partial charge on any atom is 0.312 e. The van der Waals surface area contributed by atoms with Crippen LogP contribution >= 0.6 is 0 Å². The van der Waals surface area contributed by atoms with Gasteiger partial charge in [-0.2, -0.15) is 0 Å². The minimum Gasteiger partial charge on any atom is -0.459 e. The fraction of sp³-hybridized carbons (Fsp3) is 0.622. The van der Waals surface area contributed by atoms with Crippen LogP contribution in [0.25, 0.3) is 27.6 Å². The first-order valence-electron chi connectivity index (χ1n) is 20.1. The highest BCUT2D eigenvalue weighted by Crippen LogP contribution is 2.77. The molecule has 5 saturated carbocycles. The monoisotopic (exact) mass is 703 g/mol. The fourth-order valence-corrected chi connectivity index (χ4v) is 14.1. The second-order valence-corrected chi connectivity index (χ2v) is 19.2. The highest BCUT2D eigenvalue weighted by atomic mass is 16.5. The van der Waals surface area contributed by atoms with Crippen molar-refractivity contribution in [3.05, 3.63) is 66.5 Å². The van der Waals surface area contributed by atoms with E-state index in [0.717, 1.165) is 72.6 Å². The third-order valence-electron chi connectivity index (χ3n) is 17.0. The van der Waals surface area contributed by atoms with E-state index in [-0.39, 0.29) is 46.3 Å². The smallest absolute Gasteiger partial charge is 0.312 e. The molecule has 52 heavy (non-hydrogen) atoms. The summed E-state index contributed by atoms with van der Waals surface area (Å²) in [6.07, 6.45) is 12.3. The Morgan fingerprint density at radius 2 is 1.69 bits per heavy atom. The van der Waals surface area contributed by atoms with Gasteiger partial charge < -0.3 is 14.3 Å². The van der Waals surface area contributed by atoms with Crippen LogP contribution in [-0.4, -0.2) is 32.2 Å². The first kappa shape index (κ1) is 34.3. The van der Waals surface area contributed by atoms with Crippen LogP contribution in [0.1, 0.15) is 111 Å². The molecule has 2 heterocycles. The Morgan fingerprint density at radius 1 is 0.904 bits per heavy atom. The van der Waals surface area contributed by atoms with Crippen molar-refractivity contribution in [2.75, 3.05) is 0 Å². The van der Waals surface area contributed by atoms with Gasteiger partial charge in [0.05, 0.1) is 23.4 Å². The van der Waals surface area contributed by atoms with E-state index in [1.807, 2.05) is 36.5 Å². The maximum atomic E-state index is 14.6. The van der Waals surface area contributed by atoms with E-state index in [9.17, 15) is 9.90 Å². The zero-order valence-electron chi connectivity index (χ0n) is 32.1. The van der Waals surface area contributed by atoms with Crippen LogP contribution in [0, 0.1) is 56.7 Å². The number of benzene rings is 2. The van der Waals surface area contributed by atoms with Crippen LogP contribution in [0.5, 0.6) is 0 Å². The molecule has 5 aliphatic carbocycles. The molecule has 276 valence electrons. The number of fused-ring (bicyclic) bond motifs is 10. The van der Waals surface area contributed by atoms with Crippen molar-refractivity contribution in [3.63, 3.8) is 0 Å². The van der Waals surface area contributed by atoms with Gasteiger partial charge in [0.2, 0.25) is 0 Å². The number of hydrogen-bond acceptors (Lipinski definition) is 6. The Labute approximate surface area is 308 Å². The second-order valence-electron chi connectivity index (χ2n) is 19.2. The molecule has 0 amide bonds. The van der Waals surface area contributed by atoms with Crippen molar-refractivity contribution >= 4 is 27.9 Å². The molecular formula is C45H57N3O4. The van der Waals surface area contributed by atoms with Gasteiger partial charge in [-0.1, -0.05) is 70.2 Å². The van der Waals surface area contributed by atoms with Gasteiger partial charge in [0.15, 0.2) is 0 Å². The summed E-state index contributed by atoms with van der Waals surface area (Å²) < 4.78 is 14.1. The molecule has 2 aromatic carbocycles. The molecule has 0 radical (unpaired) electrons. The average Bonchev–Trinajstić information content (AvgIpc) is 3.85. The van der Waals surface area contributed by atoms with Crippen molar-refractivity contribution in [1.29, 1.82) is 0 Å². The Bertz CT molecular complexity index is 2080. The molecular weight excluding hydrogens is 647 g/mol. The summed E-state index contributed by atoms with van der Waals surface area (Å²) in [5, 5.41) is 22.1. The van der Waals surface area contributed by atoms with Gasteiger partial charge >= 0.3 is 5.97 Å². The van der Waals surface area contributed by atoms with Crippen LogP contribution in [0.15, 0.2) is 65.2 Å². The molecule has 1 N–H and O–H groups in total. The lowest BCUT2D eigenvalue weighted by atomic mass is 9.32. The number of carbonyl (C=O) groups excluding carboxylic acids is 1. The number of carbonyl (C=O) groups is 1. The van der Waals surface area contributed by atoms with Crippen molar-refractivity contribution < 1.29 is 19.1 Å².